The van der Waals surface area contributed by atoms with Crippen molar-refractivity contribution in [3.63, 3.8) is 0 Å². The molecule has 0 radical (unpaired) electrons. The molecule has 1 aromatic carbocycles. The van der Waals surface area contributed by atoms with Crippen LogP contribution in [0.15, 0.2) is 41.3 Å². The molecule has 0 aliphatic carbocycles. The third-order valence-electron chi connectivity index (χ3n) is 4.51. The van der Waals surface area contributed by atoms with Crippen molar-refractivity contribution < 1.29 is 40.2 Å². The summed E-state index contributed by atoms with van der Waals surface area (Å²) in [5.41, 5.74) is -1.04. The van der Waals surface area contributed by atoms with E-state index in [0.717, 1.165) is 0 Å². The Morgan fingerprint density at radius 2 is 1.46 bits per heavy atom. The van der Waals surface area contributed by atoms with Gasteiger partial charge < -0.3 is 4.74 Å². The summed E-state index contributed by atoms with van der Waals surface area (Å²) >= 11 is 0. The van der Waals surface area contributed by atoms with Gasteiger partial charge in [0.05, 0.1) is 34.5 Å². The highest BCUT2D eigenvalue weighted by Crippen LogP contribution is 2.45. The maximum atomic E-state index is 12.6. The third kappa shape index (κ3) is 2.46. The van der Waals surface area contributed by atoms with E-state index in [1.54, 1.807) is 12.2 Å². The van der Waals surface area contributed by atoms with Crippen LogP contribution >= 0.6 is 0 Å². The van der Waals surface area contributed by atoms with Gasteiger partial charge in [0, 0.05) is 0 Å². The van der Waals surface area contributed by atoms with Crippen molar-refractivity contribution in [3.05, 3.63) is 42.0 Å². The molecule has 26 heavy (non-hydrogen) atoms. The van der Waals surface area contributed by atoms with Crippen LogP contribution in [0.2, 0.25) is 0 Å². The second kappa shape index (κ2) is 5.38. The first-order chi connectivity index (χ1) is 12.1. The largest absolute Gasteiger partial charge is 0.416 e. The number of rotatable bonds is 3. The summed E-state index contributed by atoms with van der Waals surface area (Å²) in [7, 11) is -4.66. The van der Waals surface area contributed by atoms with Crippen LogP contribution < -0.4 is 0 Å². The SMILES string of the molecule is O=C1C2C3C=CC(O3)C2C(=O)N1OS(=O)(=O)c1ccc(C(F)(F)F)cc1. The van der Waals surface area contributed by atoms with Gasteiger partial charge in [-0.15, -0.1) is 9.35 Å². The van der Waals surface area contributed by atoms with Gasteiger partial charge in [0.15, 0.2) is 0 Å². The minimum atomic E-state index is -4.66. The molecule has 3 aliphatic heterocycles. The van der Waals surface area contributed by atoms with Gasteiger partial charge in [-0.25, -0.2) is 0 Å². The quantitative estimate of drug-likeness (QED) is 0.571. The maximum absolute atomic E-state index is 12.6. The fourth-order valence-corrected chi connectivity index (χ4v) is 4.20. The minimum Gasteiger partial charge on any atom is -0.365 e. The first-order valence-corrected chi connectivity index (χ1v) is 8.84. The Morgan fingerprint density at radius 1 is 0.962 bits per heavy atom. The van der Waals surface area contributed by atoms with Gasteiger partial charge in [0.25, 0.3) is 11.8 Å². The average molecular weight is 389 g/mol. The van der Waals surface area contributed by atoms with Gasteiger partial charge in [0.1, 0.15) is 0 Å². The van der Waals surface area contributed by atoms with Gasteiger partial charge >= 0.3 is 16.3 Å². The number of ether oxygens (including phenoxy) is 1. The third-order valence-corrected chi connectivity index (χ3v) is 5.71. The van der Waals surface area contributed by atoms with E-state index in [2.05, 4.69) is 4.28 Å². The van der Waals surface area contributed by atoms with E-state index < -0.39 is 62.6 Å². The van der Waals surface area contributed by atoms with Crippen LogP contribution in [0.4, 0.5) is 13.2 Å². The van der Waals surface area contributed by atoms with Gasteiger partial charge in [-0.2, -0.15) is 21.6 Å². The fraction of sp³-hybridized carbons (Fsp3) is 0.333. The normalized spacial score (nSPS) is 30.3. The number of carbonyl (C=O) groups excluding carboxylic acids is 2. The number of hydrogen-bond donors (Lipinski definition) is 0. The van der Waals surface area contributed by atoms with Gasteiger partial charge in [-0.3, -0.25) is 9.59 Å². The number of amides is 2. The number of alkyl halides is 3. The van der Waals surface area contributed by atoms with Crippen molar-refractivity contribution in [3.8, 4) is 0 Å². The van der Waals surface area contributed by atoms with Crippen LogP contribution in [0.1, 0.15) is 5.56 Å². The lowest BCUT2D eigenvalue weighted by atomic mass is 9.85. The van der Waals surface area contributed by atoms with Crippen LogP contribution in [0.25, 0.3) is 0 Å². The summed E-state index contributed by atoms with van der Waals surface area (Å²) in [5, 5.41) is 0.165. The molecule has 3 heterocycles. The molecule has 1 aromatic rings. The summed E-state index contributed by atoms with van der Waals surface area (Å²) in [5.74, 6) is -3.43. The van der Waals surface area contributed by atoms with Crippen LogP contribution in [0, 0.1) is 11.8 Å². The summed E-state index contributed by atoms with van der Waals surface area (Å²) in [6, 6.07) is 2.52. The lowest BCUT2D eigenvalue weighted by molar-refractivity contribution is -0.168. The second-order valence-electron chi connectivity index (χ2n) is 6.02. The van der Waals surface area contributed by atoms with Crippen LogP contribution in [0.5, 0.6) is 0 Å². The van der Waals surface area contributed by atoms with Crippen LogP contribution in [0.3, 0.4) is 0 Å². The van der Waals surface area contributed by atoms with E-state index >= 15 is 0 Å². The molecule has 0 spiro atoms. The number of hydroxylamine groups is 2. The highest BCUT2D eigenvalue weighted by atomic mass is 32.2. The average Bonchev–Trinajstić information content (AvgIpc) is 3.24. The van der Waals surface area contributed by atoms with E-state index in [4.69, 9.17) is 4.74 Å². The zero-order chi connectivity index (χ0) is 18.9. The molecule has 0 aromatic heterocycles. The topological polar surface area (TPSA) is 90.0 Å². The van der Waals surface area contributed by atoms with Crippen LogP contribution in [-0.2, 0) is 34.9 Å². The van der Waals surface area contributed by atoms with Crippen molar-refractivity contribution in [2.24, 2.45) is 11.8 Å². The fourth-order valence-electron chi connectivity index (χ4n) is 3.30. The number of imide groups is 1. The van der Waals surface area contributed by atoms with Crippen molar-refractivity contribution in [2.45, 2.75) is 23.3 Å². The molecule has 0 N–H and O–H groups in total. The molecule has 138 valence electrons. The molecule has 2 amide bonds. The van der Waals surface area contributed by atoms with Crippen LogP contribution in [-0.4, -0.2) is 37.5 Å². The van der Waals surface area contributed by atoms with Gasteiger partial charge in [-0.1, -0.05) is 12.2 Å². The minimum absolute atomic E-state index is 0.165. The Hall–Kier alpha value is -2.24. The Bertz CT molecular complexity index is 894. The molecule has 7 nitrogen and oxygen atoms in total. The lowest BCUT2D eigenvalue weighted by Crippen LogP contribution is -2.36. The highest BCUT2D eigenvalue weighted by Gasteiger charge is 2.62. The number of nitrogens with zero attached hydrogens (tertiary/aromatic N) is 1. The van der Waals surface area contributed by atoms with Crippen molar-refractivity contribution in [1.29, 1.82) is 0 Å². The van der Waals surface area contributed by atoms with Crippen molar-refractivity contribution in [2.75, 3.05) is 0 Å². The van der Waals surface area contributed by atoms with E-state index in [1.807, 2.05) is 0 Å². The van der Waals surface area contributed by atoms with E-state index in [-0.39, 0.29) is 5.06 Å². The van der Waals surface area contributed by atoms with Crippen molar-refractivity contribution >= 4 is 21.9 Å². The summed E-state index contributed by atoms with van der Waals surface area (Å²) in [6.07, 6.45) is -2.64. The smallest absolute Gasteiger partial charge is 0.365 e. The maximum Gasteiger partial charge on any atom is 0.416 e. The lowest BCUT2D eigenvalue weighted by Gasteiger charge is -2.16. The molecular weight excluding hydrogens is 379 g/mol. The molecule has 4 unspecified atom stereocenters. The summed E-state index contributed by atoms with van der Waals surface area (Å²) < 4.78 is 72.2. The molecule has 2 bridgehead atoms. The molecule has 0 saturated carbocycles. The monoisotopic (exact) mass is 389 g/mol. The highest BCUT2D eigenvalue weighted by molar-refractivity contribution is 7.86. The number of carbonyl (C=O) groups is 2. The Labute approximate surface area is 145 Å². The standard InChI is InChI=1S/C15H10F3NO6S/c16-15(17,18)7-1-3-8(4-2-7)26(22,23)25-19-13(20)11-9-5-6-10(24-9)12(11)14(19)21/h1-6,9-12H. The zero-order valence-corrected chi connectivity index (χ0v) is 13.5. The second-order valence-corrected chi connectivity index (χ2v) is 7.55. The van der Waals surface area contributed by atoms with E-state index in [0.29, 0.717) is 24.3 Å². The molecule has 11 heteroatoms. The van der Waals surface area contributed by atoms with E-state index in [1.165, 1.54) is 0 Å². The number of hydrogen-bond acceptors (Lipinski definition) is 6. The molecule has 2 fully saturated rings. The summed E-state index contributed by atoms with van der Waals surface area (Å²) in [4.78, 5) is 24.1. The van der Waals surface area contributed by atoms with Crippen molar-refractivity contribution in [1.82, 2.24) is 5.06 Å². The number of halogens is 3. The summed E-state index contributed by atoms with van der Waals surface area (Å²) in [6.45, 7) is 0. The Morgan fingerprint density at radius 3 is 1.92 bits per heavy atom. The first-order valence-electron chi connectivity index (χ1n) is 7.43. The zero-order valence-electron chi connectivity index (χ0n) is 12.7. The first kappa shape index (κ1) is 17.2. The predicted molar refractivity (Wildman–Crippen MR) is 76.3 cm³/mol. The Balaban J connectivity index is 1.57. The van der Waals surface area contributed by atoms with E-state index in [9.17, 15) is 31.2 Å². The number of fused-ring (bicyclic) bond motifs is 5. The Kier molecular flexibility index (Phi) is 3.56. The van der Waals surface area contributed by atoms with Gasteiger partial charge in [0.2, 0.25) is 0 Å². The molecule has 4 atom stereocenters. The van der Waals surface area contributed by atoms with Gasteiger partial charge in [-0.05, 0) is 24.3 Å². The predicted octanol–water partition coefficient (Wildman–Crippen LogP) is 1.26. The molecule has 4 rings (SSSR count). The number of benzene rings is 1. The molecular formula is C15H10F3NO6S. The molecule has 2 saturated heterocycles. The molecule has 3 aliphatic rings.